The van der Waals surface area contributed by atoms with E-state index in [1.165, 1.54) is 16.8 Å². The lowest BCUT2D eigenvalue weighted by molar-refractivity contribution is 0.101. The Morgan fingerprint density at radius 2 is 2.03 bits per heavy atom. The van der Waals surface area contributed by atoms with Gasteiger partial charge in [-0.2, -0.15) is 5.10 Å². The third kappa shape index (κ3) is 4.59. The van der Waals surface area contributed by atoms with Crippen LogP contribution in [0.15, 0.2) is 34.8 Å². The Morgan fingerprint density at radius 1 is 1.29 bits per heavy atom. The second kappa shape index (κ2) is 8.23. The zero-order valence-corrected chi connectivity index (χ0v) is 19.5. The van der Waals surface area contributed by atoms with Gasteiger partial charge in [0.15, 0.2) is 0 Å². The third-order valence-corrected chi connectivity index (χ3v) is 7.27. The second-order valence-corrected chi connectivity index (χ2v) is 10.4. The fraction of sp³-hybridized carbons (Fsp3) is 0.333. The van der Waals surface area contributed by atoms with Crippen LogP contribution in [-0.2, 0) is 17.1 Å². The first kappa shape index (κ1) is 21.8. The van der Waals surface area contributed by atoms with Crippen molar-refractivity contribution >= 4 is 54.1 Å². The van der Waals surface area contributed by atoms with E-state index in [4.69, 9.17) is 0 Å². The number of rotatable bonds is 7. The molecule has 3 aromatic rings. The van der Waals surface area contributed by atoms with Crippen LogP contribution in [0.4, 0.5) is 15.8 Å². The first-order chi connectivity index (χ1) is 14.7. The Balaban J connectivity index is 1.73. The average Bonchev–Trinajstić information content (AvgIpc) is 3.46. The van der Waals surface area contributed by atoms with Crippen LogP contribution in [0.3, 0.4) is 0 Å². The van der Waals surface area contributed by atoms with E-state index < -0.39 is 21.7 Å². The van der Waals surface area contributed by atoms with Crippen LogP contribution in [0.25, 0.3) is 10.9 Å². The summed E-state index contributed by atoms with van der Waals surface area (Å²) >= 11 is 3.09. The fourth-order valence-corrected chi connectivity index (χ4v) is 5.00. The molecule has 164 valence electrons. The number of amides is 1. The fourth-order valence-electron chi connectivity index (χ4n) is 3.60. The lowest BCUT2D eigenvalue weighted by atomic mass is 10.0. The minimum Gasteiger partial charge on any atom is -0.321 e. The Bertz CT molecular complexity index is 1290. The van der Waals surface area contributed by atoms with E-state index in [1.807, 2.05) is 13.0 Å². The number of aryl methyl sites for hydroxylation is 1. The molecule has 1 fully saturated rings. The molecule has 1 saturated carbocycles. The van der Waals surface area contributed by atoms with Crippen LogP contribution in [0.1, 0.15) is 48.2 Å². The molecular weight excluding hydrogens is 487 g/mol. The van der Waals surface area contributed by atoms with Gasteiger partial charge in [0.25, 0.3) is 5.91 Å². The zero-order valence-electron chi connectivity index (χ0n) is 17.1. The van der Waals surface area contributed by atoms with Crippen molar-refractivity contribution in [1.82, 2.24) is 9.78 Å². The van der Waals surface area contributed by atoms with E-state index in [1.54, 1.807) is 19.2 Å². The number of aromatic nitrogens is 2. The van der Waals surface area contributed by atoms with Gasteiger partial charge in [0.05, 0.1) is 21.4 Å². The number of hydrogen-bond donors (Lipinski definition) is 2. The standard InChI is InChI=1S/C21H22BrFN4O3S/c1-3-8-31(29,30)26-19-11-18-15(10-14(19)12-4-5-12)20(27(2)25-18)21(28)24-13-6-7-16(22)17(23)9-13/h6-7,9-12,26H,3-5,8H2,1-2H3,(H,24,28). The predicted octanol–water partition coefficient (Wildman–Crippen LogP) is 4.76. The van der Waals surface area contributed by atoms with Crippen molar-refractivity contribution in [1.29, 1.82) is 0 Å². The SMILES string of the molecule is CCCS(=O)(=O)Nc1cc2nn(C)c(C(=O)Nc3ccc(Br)c(F)c3)c2cc1C1CC1. The molecule has 1 heterocycles. The molecular formula is C21H22BrFN4O3S. The molecule has 2 N–H and O–H groups in total. The molecule has 0 unspecified atom stereocenters. The Kier molecular flexibility index (Phi) is 5.78. The van der Waals surface area contributed by atoms with Crippen molar-refractivity contribution < 1.29 is 17.6 Å². The van der Waals surface area contributed by atoms with Gasteiger partial charge in [-0.1, -0.05) is 6.92 Å². The van der Waals surface area contributed by atoms with Gasteiger partial charge in [-0.3, -0.25) is 14.2 Å². The molecule has 0 atom stereocenters. The first-order valence-electron chi connectivity index (χ1n) is 9.96. The van der Waals surface area contributed by atoms with Crippen LogP contribution in [0, 0.1) is 5.82 Å². The number of halogens is 2. The summed E-state index contributed by atoms with van der Waals surface area (Å²) < 4.78 is 42.9. The number of benzene rings is 2. The van der Waals surface area contributed by atoms with E-state index in [9.17, 15) is 17.6 Å². The summed E-state index contributed by atoms with van der Waals surface area (Å²) in [4.78, 5) is 13.0. The summed E-state index contributed by atoms with van der Waals surface area (Å²) in [6.07, 6.45) is 2.45. The first-order valence-corrected chi connectivity index (χ1v) is 12.4. The summed E-state index contributed by atoms with van der Waals surface area (Å²) in [7, 11) is -1.81. The Morgan fingerprint density at radius 3 is 2.68 bits per heavy atom. The maximum absolute atomic E-state index is 13.8. The van der Waals surface area contributed by atoms with Crippen LogP contribution in [0.5, 0.6) is 0 Å². The number of nitrogens with zero attached hydrogens (tertiary/aromatic N) is 2. The van der Waals surface area contributed by atoms with Gasteiger partial charge in [-0.05, 0) is 77.0 Å². The topological polar surface area (TPSA) is 93.1 Å². The highest BCUT2D eigenvalue weighted by atomic mass is 79.9. The smallest absolute Gasteiger partial charge is 0.274 e. The van der Waals surface area contributed by atoms with Crippen molar-refractivity contribution in [3.8, 4) is 0 Å². The largest absolute Gasteiger partial charge is 0.321 e. The van der Waals surface area contributed by atoms with Crippen LogP contribution < -0.4 is 10.0 Å². The van der Waals surface area contributed by atoms with E-state index in [2.05, 4.69) is 31.1 Å². The average molecular weight is 509 g/mol. The van der Waals surface area contributed by atoms with Crippen molar-refractivity contribution in [2.24, 2.45) is 7.05 Å². The minimum absolute atomic E-state index is 0.0365. The summed E-state index contributed by atoms with van der Waals surface area (Å²) in [6, 6.07) is 7.88. The Hall–Kier alpha value is -2.46. The number of anilines is 2. The number of carbonyl (C=O) groups excluding carboxylic acids is 1. The predicted molar refractivity (Wildman–Crippen MR) is 122 cm³/mol. The summed E-state index contributed by atoms with van der Waals surface area (Å²) in [5.74, 6) is -0.615. The number of nitrogens with one attached hydrogen (secondary N) is 2. The van der Waals surface area contributed by atoms with Gasteiger partial charge in [-0.25, -0.2) is 12.8 Å². The molecule has 1 amide bonds. The second-order valence-electron chi connectivity index (χ2n) is 7.71. The normalized spacial score (nSPS) is 14.1. The lowest BCUT2D eigenvalue weighted by Gasteiger charge is -2.12. The van der Waals surface area contributed by atoms with Crippen molar-refractivity contribution in [3.05, 3.63) is 51.9 Å². The number of carbonyl (C=O) groups is 1. The molecule has 0 bridgehead atoms. The highest BCUT2D eigenvalue weighted by Gasteiger charge is 2.29. The van der Waals surface area contributed by atoms with Crippen LogP contribution in [0.2, 0.25) is 0 Å². The molecule has 1 aromatic heterocycles. The van der Waals surface area contributed by atoms with E-state index in [0.29, 0.717) is 38.9 Å². The van der Waals surface area contributed by atoms with E-state index in [-0.39, 0.29) is 11.7 Å². The molecule has 1 aliphatic carbocycles. The lowest BCUT2D eigenvalue weighted by Crippen LogP contribution is -2.17. The molecule has 0 saturated heterocycles. The summed E-state index contributed by atoms with van der Waals surface area (Å²) in [5, 5.41) is 7.73. The van der Waals surface area contributed by atoms with Gasteiger partial charge in [0.2, 0.25) is 10.0 Å². The van der Waals surface area contributed by atoms with Gasteiger partial charge >= 0.3 is 0 Å². The van der Waals surface area contributed by atoms with Crippen LogP contribution in [-0.4, -0.2) is 29.9 Å². The molecule has 4 rings (SSSR count). The molecule has 0 aliphatic heterocycles. The molecule has 1 aliphatic rings. The van der Waals surface area contributed by atoms with Gasteiger partial charge in [0.1, 0.15) is 11.5 Å². The molecule has 7 nitrogen and oxygen atoms in total. The molecule has 2 aromatic carbocycles. The molecule has 0 radical (unpaired) electrons. The van der Waals surface area contributed by atoms with E-state index >= 15 is 0 Å². The minimum atomic E-state index is -3.45. The maximum Gasteiger partial charge on any atom is 0.274 e. The van der Waals surface area contributed by atoms with Crippen molar-refractivity contribution in [2.45, 2.75) is 32.1 Å². The third-order valence-electron chi connectivity index (χ3n) is 5.15. The molecule has 31 heavy (non-hydrogen) atoms. The van der Waals surface area contributed by atoms with Gasteiger partial charge in [0, 0.05) is 18.1 Å². The van der Waals surface area contributed by atoms with Crippen molar-refractivity contribution in [2.75, 3.05) is 15.8 Å². The summed E-state index contributed by atoms with van der Waals surface area (Å²) in [5.41, 5.74) is 2.54. The molecule has 10 heteroatoms. The number of hydrogen-bond acceptors (Lipinski definition) is 4. The van der Waals surface area contributed by atoms with Gasteiger partial charge in [-0.15, -0.1) is 0 Å². The number of fused-ring (bicyclic) bond motifs is 1. The zero-order chi connectivity index (χ0) is 22.3. The quantitative estimate of drug-likeness (QED) is 0.481. The van der Waals surface area contributed by atoms with Crippen LogP contribution >= 0.6 is 15.9 Å². The monoisotopic (exact) mass is 508 g/mol. The summed E-state index contributed by atoms with van der Waals surface area (Å²) in [6.45, 7) is 1.81. The molecule has 0 spiro atoms. The maximum atomic E-state index is 13.8. The number of sulfonamides is 1. The highest BCUT2D eigenvalue weighted by molar-refractivity contribution is 9.10. The Labute approximate surface area is 188 Å². The van der Waals surface area contributed by atoms with Gasteiger partial charge < -0.3 is 5.32 Å². The van der Waals surface area contributed by atoms with Crippen molar-refractivity contribution in [3.63, 3.8) is 0 Å². The van der Waals surface area contributed by atoms with E-state index in [0.717, 1.165) is 18.4 Å². The highest BCUT2D eigenvalue weighted by Crippen LogP contribution is 2.45.